The van der Waals surface area contributed by atoms with Crippen LogP contribution in [0.3, 0.4) is 0 Å². The molecule has 0 spiro atoms. The molecule has 0 aromatic heterocycles. The minimum absolute atomic E-state index is 0.0458. The molecule has 0 bridgehead atoms. The second-order valence-electron chi connectivity index (χ2n) is 6.67. The van der Waals surface area contributed by atoms with Crippen LogP contribution in [-0.4, -0.2) is 24.0 Å². The van der Waals surface area contributed by atoms with Crippen molar-refractivity contribution in [2.45, 2.75) is 63.8 Å². The van der Waals surface area contributed by atoms with Gasteiger partial charge in [0.15, 0.2) is 0 Å². The summed E-state index contributed by atoms with van der Waals surface area (Å²) in [6, 6.07) is 10.0. The van der Waals surface area contributed by atoms with Crippen molar-refractivity contribution in [3.05, 3.63) is 35.9 Å². The topological polar surface area (TPSA) is 63.2 Å². The van der Waals surface area contributed by atoms with E-state index in [0.717, 1.165) is 37.5 Å². The highest BCUT2D eigenvalue weighted by Crippen LogP contribution is 2.19. The molecule has 1 saturated carbocycles. The molecule has 1 aromatic carbocycles. The molecule has 1 aromatic rings. The molecular weight excluding hydrogens is 302 g/mol. The second kappa shape index (κ2) is 10.0. The lowest BCUT2D eigenvalue weighted by atomic mass is 9.92. The van der Waals surface area contributed by atoms with Crippen LogP contribution in [0.5, 0.6) is 0 Å². The SMILES string of the molecule is O=CCC(CC(=O)CCc1ccccc1)C(=O)NC1CCCCC1. The summed E-state index contributed by atoms with van der Waals surface area (Å²) in [5.74, 6) is -0.612. The van der Waals surface area contributed by atoms with Gasteiger partial charge in [-0.2, -0.15) is 0 Å². The van der Waals surface area contributed by atoms with Gasteiger partial charge >= 0.3 is 0 Å². The van der Waals surface area contributed by atoms with Crippen LogP contribution in [0.1, 0.15) is 56.9 Å². The Morgan fingerprint density at radius 2 is 1.83 bits per heavy atom. The van der Waals surface area contributed by atoms with Gasteiger partial charge in [-0.25, -0.2) is 0 Å². The number of Topliss-reactive ketones (excluding diaryl/α,β-unsaturated/α-hetero) is 1. The molecule has 1 N–H and O–H groups in total. The molecule has 0 radical (unpaired) electrons. The zero-order chi connectivity index (χ0) is 17.2. The summed E-state index contributed by atoms with van der Waals surface area (Å²) in [4.78, 5) is 35.5. The zero-order valence-electron chi connectivity index (χ0n) is 14.2. The van der Waals surface area contributed by atoms with Crippen molar-refractivity contribution >= 4 is 18.0 Å². The molecule has 24 heavy (non-hydrogen) atoms. The normalized spacial score (nSPS) is 16.3. The summed E-state index contributed by atoms with van der Waals surface area (Å²) < 4.78 is 0. The number of hydrogen-bond donors (Lipinski definition) is 1. The smallest absolute Gasteiger partial charge is 0.224 e. The van der Waals surface area contributed by atoms with E-state index >= 15 is 0 Å². The Hall–Kier alpha value is -1.97. The molecule has 4 nitrogen and oxygen atoms in total. The van der Waals surface area contributed by atoms with Gasteiger partial charge in [-0.3, -0.25) is 9.59 Å². The minimum Gasteiger partial charge on any atom is -0.353 e. The third kappa shape index (κ3) is 6.26. The summed E-state index contributed by atoms with van der Waals surface area (Å²) in [5, 5.41) is 3.03. The fraction of sp³-hybridized carbons (Fsp3) is 0.550. The zero-order valence-corrected chi connectivity index (χ0v) is 14.2. The van der Waals surface area contributed by atoms with Crippen molar-refractivity contribution in [2.24, 2.45) is 5.92 Å². The maximum Gasteiger partial charge on any atom is 0.224 e. The first-order valence-electron chi connectivity index (χ1n) is 8.98. The standard InChI is InChI=1S/C20H27NO3/c22-14-13-17(20(24)21-18-9-5-2-6-10-18)15-19(23)12-11-16-7-3-1-4-8-16/h1,3-4,7-8,14,17-18H,2,5-6,9-13,15H2,(H,21,24). The molecule has 1 aliphatic carbocycles. The molecule has 0 heterocycles. The fourth-order valence-corrected chi connectivity index (χ4v) is 3.27. The van der Waals surface area contributed by atoms with Gasteiger partial charge in [0.2, 0.25) is 5.91 Å². The number of nitrogens with one attached hydrogen (secondary N) is 1. The van der Waals surface area contributed by atoms with Crippen molar-refractivity contribution < 1.29 is 14.4 Å². The van der Waals surface area contributed by atoms with Gasteiger partial charge < -0.3 is 10.1 Å². The number of amides is 1. The largest absolute Gasteiger partial charge is 0.353 e. The van der Waals surface area contributed by atoms with Crippen molar-refractivity contribution in [1.82, 2.24) is 5.32 Å². The Bertz CT molecular complexity index is 535. The van der Waals surface area contributed by atoms with Crippen molar-refractivity contribution in [3.8, 4) is 0 Å². The summed E-state index contributed by atoms with van der Waals surface area (Å²) >= 11 is 0. The van der Waals surface area contributed by atoms with Crippen LogP contribution in [0.2, 0.25) is 0 Å². The van der Waals surface area contributed by atoms with Gasteiger partial charge in [0, 0.05) is 25.3 Å². The number of aldehydes is 1. The van der Waals surface area contributed by atoms with E-state index in [9.17, 15) is 14.4 Å². The Morgan fingerprint density at radius 3 is 2.50 bits per heavy atom. The van der Waals surface area contributed by atoms with E-state index in [2.05, 4.69) is 5.32 Å². The van der Waals surface area contributed by atoms with Crippen molar-refractivity contribution in [1.29, 1.82) is 0 Å². The predicted molar refractivity (Wildman–Crippen MR) is 93.6 cm³/mol. The molecule has 0 aliphatic heterocycles. The van der Waals surface area contributed by atoms with E-state index in [1.165, 1.54) is 6.42 Å². The molecule has 1 atom stereocenters. The number of hydrogen-bond acceptors (Lipinski definition) is 3. The van der Waals surface area contributed by atoms with Gasteiger partial charge in [0.05, 0.1) is 5.92 Å². The van der Waals surface area contributed by atoms with E-state index < -0.39 is 5.92 Å². The molecular formula is C20H27NO3. The molecule has 1 aliphatic rings. The quantitative estimate of drug-likeness (QED) is 0.708. The van der Waals surface area contributed by atoms with E-state index in [4.69, 9.17) is 0 Å². The highest BCUT2D eigenvalue weighted by Gasteiger charge is 2.24. The summed E-state index contributed by atoms with van der Waals surface area (Å²) in [6.07, 6.45) is 7.62. The van der Waals surface area contributed by atoms with Crippen molar-refractivity contribution in [3.63, 3.8) is 0 Å². The van der Waals surface area contributed by atoms with Crippen LogP contribution in [0.4, 0.5) is 0 Å². The summed E-state index contributed by atoms with van der Waals surface area (Å²) in [6.45, 7) is 0. The maximum absolute atomic E-state index is 12.4. The van der Waals surface area contributed by atoms with Gasteiger partial charge in [-0.05, 0) is 24.8 Å². The first-order chi connectivity index (χ1) is 11.7. The molecule has 0 saturated heterocycles. The molecule has 1 amide bonds. The molecule has 2 rings (SSSR count). The number of carbonyl (C=O) groups is 3. The minimum atomic E-state index is -0.521. The fourth-order valence-electron chi connectivity index (χ4n) is 3.27. The number of benzene rings is 1. The lowest BCUT2D eigenvalue weighted by molar-refractivity contribution is -0.131. The van der Waals surface area contributed by atoms with Gasteiger partial charge in [0.1, 0.15) is 12.1 Å². The Balaban J connectivity index is 1.81. The average molecular weight is 329 g/mol. The monoisotopic (exact) mass is 329 g/mol. The third-order valence-electron chi connectivity index (χ3n) is 4.71. The third-order valence-corrected chi connectivity index (χ3v) is 4.71. The Labute approximate surface area is 144 Å². The number of carbonyl (C=O) groups excluding carboxylic acids is 3. The number of aryl methyl sites for hydroxylation is 1. The van der Waals surface area contributed by atoms with Crippen LogP contribution in [-0.2, 0) is 20.8 Å². The van der Waals surface area contributed by atoms with Crippen LogP contribution in [0.15, 0.2) is 30.3 Å². The van der Waals surface area contributed by atoms with E-state index in [1.54, 1.807) is 0 Å². The molecule has 130 valence electrons. The maximum atomic E-state index is 12.4. The van der Waals surface area contributed by atoms with Crippen molar-refractivity contribution in [2.75, 3.05) is 0 Å². The van der Waals surface area contributed by atoms with Crippen LogP contribution >= 0.6 is 0 Å². The predicted octanol–water partition coefficient (Wildman–Crippen LogP) is 3.23. The molecule has 1 unspecified atom stereocenters. The first-order valence-corrected chi connectivity index (χ1v) is 8.98. The highest BCUT2D eigenvalue weighted by molar-refractivity contribution is 5.88. The second-order valence-corrected chi connectivity index (χ2v) is 6.67. The molecule has 1 fully saturated rings. The van der Waals surface area contributed by atoms with Crippen LogP contribution < -0.4 is 5.32 Å². The highest BCUT2D eigenvalue weighted by atomic mass is 16.2. The number of rotatable bonds is 9. The average Bonchev–Trinajstić information content (AvgIpc) is 2.61. The van der Waals surface area contributed by atoms with Crippen LogP contribution in [0.25, 0.3) is 0 Å². The lowest BCUT2D eigenvalue weighted by Crippen LogP contribution is -2.40. The van der Waals surface area contributed by atoms with E-state index in [-0.39, 0.29) is 30.6 Å². The van der Waals surface area contributed by atoms with E-state index in [1.807, 2.05) is 30.3 Å². The Kier molecular flexibility index (Phi) is 7.66. The summed E-state index contributed by atoms with van der Waals surface area (Å²) in [7, 11) is 0. The summed E-state index contributed by atoms with van der Waals surface area (Å²) in [5.41, 5.74) is 1.12. The molecule has 4 heteroatoms. The van der Waals surface area contributed by atoms with Crippen LogP contribution in [0, 0.1) is 5.92 Å². The first kappa shape index (κ1) is 18.4. The van der Waals surface area contributed by atoms with E-state index in [0.29, 0.717) is 12.8 Å². The number of ketones is 1. The van der Waals surface area contributed by atoms with Gasteiger partial charge in [0.25, 0.3) is 0 Å². The Morgan fingerprint density at radius 1 is 1.12 bits per heavy atom. The van der Waals surface area contributed by atoms with Gasteiger partial charge in [-0.1, -0.05) is 49.6 Å². The van der Waals surface area contributed by atoms with Gasteiger partial charge in [-0.15, -0.1) is 0 Å². The lowest BCUT2D eigenvalue weighted by Gasteiger charge is -2.25.